The highest BCUT2D eigenvalue weighted by molar-refractivity contribution is 7.64. The Hall–Kier alpha value is -1.27. The number of hydrogen-bond acceptors (Lipinski definition) is 5. The van der Waals surface area contributed by atoms with Gasteiger partial charge in [-0.3, -0.25) is 0 Å². The molecule has 3 saturated heterocycles. The number of fused-ring (bicyclic) bond motifs is 1. The van der Waals surface area contributed by atoms with Crippen molar-refractivity contribution in [2.24, 2.45) is 0 Å². The summed E-state index contributed by atoms with van der Waals surface area (Å²) in [6.07, 6.45) is 7.67. The van der Waals surface area contributed by atoms with Gasteiger partial charge in [0.05, 0.1) is 4.85 Å². The molecule has 3 fully saturated rings. The highest BCUT2D eigenvalue weighted by Crippen LogP contribution is 2.67. The lowest BCUT2D eigenvalue weighted by molar-refractivity contribution is -0.887. The largest absolute Gasteiger partial charge is 0.478 e. The fourth-order valence-corrected chi connectivity index (χ4v) is 8.77. The average molecular weight is 376 g/mol. The zero-order chi connectivity index (χ0) is 17.4. The molecule has 5 rings (SSSR count). The summed E-state index contributed by atoms with van der Waals surface area (Å²) >= 11 is 0. The first-order valence-corrected chi connectivity index (χ1v) is 11.6. The van der Waals surface area contributed by atoms with Crippen molar-refractivity contribution in [2.45, 2.75) is 38.5 Å². The Bertz CT molecular complexity index is 708. The molecule has 1 aromatic heterocycles. The van der Waals surface area contributed by atoms with Gasteiger partial charge in [-0.05, 0) is 55.9 Å². The molecule has 3 aliphatic rings. The summed E-state index contributed by atoms with van der Waals surface area (Å²) in [4.78, 5) is 1.85. The summed E-state index contributed by atoms with van der Waals surface area (Å²) < 4.78 is 15.0. The topological polar surface area (TPSA) is 51.5 Å². The molecule has 140 valence electrons. The van der Waals surface area contributed by atoms with Crippen molar-refractivity contribution in [3.63, 3.8) is 0 Å². The SMILES string of the molecule is c1ccc2c(c1)n[nH][n+]2O[P+](N1CCCC1)(N1CCCC1)N1CCCC1. The summed E-state index contributed by atoms with van der Waals surface area (Å²) in [5.74, 6) is 0. The van der Waals surface area contributed by atoms with Gasteiger partial charge in [-0.15, -0.1) is 18.6 Å². The van der Waals surface area contributed by atoms with E-state index in [1.807, 2.05) is 17.0 Å². The van der Waals surface area contributed by atoms with E-state index in [1.165, 1.54) is 38.5 Å². The third kappa shape index (κ3) is 2.73. The van der Waals surface area contributed by atoms with E-state index in [1.54, 1.807) is 0 Å². The molecule has 2 aromatic rings. The normalized spacial score (nSPS) is 23.4. The standard InChI is InChI=1S/C18H28N6OP/c1-2-10-18-17(9-1)19-20-24(18)25-26(21-11-3-4-12-21,22-13-5-6-14-22)23-15-7-8-16-23/h1-2,9-10H,3-8,11-16H2/q+1/p+1. The van der Waals surface area contributed by atoms with Crippen LogP contribution < -0.4 is 9.47 Å². The van der Waals surface area contributed by atoms with Crippen LogP contribution in [-0.2, 0) is 0 Å². The Labute approximate surface area is 155 Å². The number of nitrogens with one attached hydrogen (secondary N) is 1. The first-order valence-electron chi connectivity index (χ1n) is 10.1. The molecular weight excluding hydrogens is 347 g/mol. The third-order valence-corrected chi connectivity index (χ3v) is 9.70. The van der Waals surface area contributed by atoms with E-state index < -0.39 is 7.94 Å². The van der Waals surface area contributed by atoms with Crippen LogP contribution in [0, 0.1) is 0 Å². The van der Waals surface area contributed by atoms with E-state index in [-0.39, 0.29) is 0 Å². The second-order valence-electron chi connectivity index (χ2n) is 7.57. The lowest BCUT2D eigenvalue weighted by Crippen LogP contribution is -2.56. The third-order valence-electron chi connectivity index (χ3n) is 5.91. The molecule has 0 saturated carbocycles. The average Bonchev–Trinajstić information content (AvgIpc) is 3.49. The quantitative estimate of drug-likeness (QED) is 0.641. The Morgan fingerprint density at radius 1 is 0.808 bits per heavy atom. The van der Waals surface area contributed by atoms with Crippen LogP contribution >= 0.6 is 7.94 Å². The van der Waals surface area contributed by atoms with Crippen LogP contribution in [0.15, 0.2) is 24.3 Å². The molecule has 0 unspecified atom stereocenters. The van der Waals surface area contributed by atoms with Gasteiger partial charge in [0.15, 0.2) is 0 Å². The van der Waals surface area contributed by atoms with Crippen LogP contribution in [0.25, 0.3) is 11.0 Å². The van der Waals surface area contributed by atoms with Crippen molar-refractivity contribution < 1.29 is 9.47 Å². The minimum absolute atomic E-state index is 0.954. The monoisotopic (exact) mass is 376 g/mol. The zero-order valence-electron chi connectivity index (χ0n) is 15.4. The summed E-state index contributed by atoms with van der Waals surface area (Å²) in [5.41, 5.74) is 1.98. The van der Waals surface area contributed by atoms with Gasteiger partial charge in [-0.1, -0.05) is 12.1 Å². The van der Waals surface area contributed by atoms with Gasteiger partial charge >= 0.3 is 7.94 Å². The Morgan fingerprint density at radius 2 is 1.31 bits per heavy atom. The zero-order valence-corrected chi connectivity index (χ0v) is 16.3. The molecule has 3 aliphatic heterocycles. The van der Waals surface area contributed by atoms with Crippen LogP contribution in [0.4, 0.5) is 0 Å². The molecule has 7 nitrogen and oxygen atoms in total. The van der Waals surface area contributed by atoms with Crippen LogP contribution in [0.3, 0.4) is 0 Å². The molecular formula is C18H29N6OP+2. The number of aromatic amines is 1. The number of benzene rings is 1. The molecule has 0 radical (unpaired) electrons. The van der Waals surface area contributed by atoms with Gasteiger partial charge in [0, 0.05) is 44.4 Å². The van der Waals surface area contributed by atoms with Crippen molar-refractivity contribution in [1.82, 2.24) is 24.3 Å². The molecule has 1 N–H and O–H groups in total. The van der Waals surface area contributed by atoms with Crippen molar-refractivity contribution >= 4 is 19.0 Å². The van der Waals surface area contributed by atoms with E-state index in [0.717, 1.165) is 50.3 Å². The molecule has 1 aromatic carbocycles. The smallest absolute Gasteiger partial charge is 0.112 e. The van der Waals surface area contributed by atoms with Gasteiger partial charge in [-0.25, -0.2) is 0 Å². The number of rotatable bonds is 5. The molecule has 0 bridgehead atoms. The van der Waals surface area contributed by atoms with Crippen LogP contribution in [0.2, 0.25) is 0 Å². The summed E-state index contributed by atoms with van der Waals surface area (Å²) in [5, 5.41) is 7.59. The lowest BCUT2D eigenvalue weighted by Gasteiger charge is -2.37. The predicted molar refractivity (Wildman–Crippen MR) is 102 cm³/mol. The number of nitrogens with zero attached hydrogens (tertiary/aromatic N) is 5. The number of para-hydroxylation sites is 2. The fraction of sp³-hybridized carbons (Fsp3) is 0.667. The fourth-order valence-electron chi connectivity index (χ4n) is 4.63. The molecule has 0 amide bonds. The number of hydrogen-bond donors (Lipinski definition) is 1. The number of H-pyrrole nitrogens is 1. The predicted octanol–water partition coefficient (Wildman–Crippen LogP) is 2.24. The van der Waals surface area contributed by atoms with E-state index in [0.29, 0.717) is 0 Å². The Balaban J connectivity index is 1.59. The Kier molecular flexibility index (Phi) is 4.57. The molecule has 26 heavy (non-hydrogen) atoms. The van der Waals surface area contributed by atoms with Crippen LogP contribution in [0.5, 0.6) is 0 Å². The first kappa shape index (κ1) is 16.9. The molecule has 0 aliphatic carbocycles. The lowest BCUT2D eigenvalue weighted by atomic mass is 10.3. The van der Waals surface area contributed by atoms with E-state index in [9.17, 15) is 0 Å². The van der Waals surface area contributed by atoms with Crippen LogP contribution in [0.1, 0.15) is 38.5 Å². The van der Waals surface area contributed by atoms with E-state index in [4.69, 9.17) is 4.62 Å². The second-order valence-corrected chi connectivity index (χ2v) is 10.5. The molecule has 8 heteroatoms. The maximum atomic E-state index is 6.99. The Morgan fingerprint density at radius 3 is 1.85 bits per heavy atom. The summed E-state index contributed by atoms with van der Waals surface area (Å²) in [6.45, 7) is 6.88. The van der Waals surface area contributed by atoms with Crippen molar-refractivity contribution in [1.29, 1.82) is 0 Å². The molecule has 0 atom stereocenters. The first-order chi connectivity index (χ1) is 12.9. The number of aromatic nitrogens is 3. The van der Waals surface area contributed by atoms with Crippen LogP contribution in [-0.4, -0.2) is 63.6 Å². The van der Waals surface area contributed by atoms with Gasteiger partial charge in [0.1, 0.15) is 0 Å². The summed E-state index contributed by atoms with van der Waals surface area (Å²) in [7, 11) is -2.04. The summed E-state index contributed by atoms with van der Waals surface area (Å²) in [6, 6.07) is 8.20. The highest BCUT2D eigenvalue weighted by Gasteiger charge is 2.65. The van der Waals surface area contributed by atoms with Gasteiger partial charge in [0.2, 0.25) is 0 Å². The maximum absolute atomic E-state index is 6.99. The van der Waals surface area contributed by atoms with Gasteiger partial charge in [-0.2, -0.15) is 0 Å². The second kappa shape index (κ2) is 7.04. The highest BCUT2D eigenvalue weighted by atomic mass is 31.2. The minimum Gasteiger partial charge on any atom is -0.112 e. The molecule has 4 heterocycles. The van der Waals surface area contributed by atoms with E-state index in [2.05, 4.69) is 36.5 Å². The van der Waals surface area contributed by atoms with Crippen molar-refractivity contribution in [3.05, 3.63) is 24.3 Å². The minimum atomic E-state index is -2.04. The van der Waals surface area contributed by atoms with Crippen molar-refractivity contribution in [3.8, 4) is 0 Å². The maximum Gasteiger partial charge on any atom is 0.478 e. The van der Waals surface area contributed by atoms with Gasteiger partial charge < -0.3 is 0 Å². The molecule has 0 spiro atoms. The van der Waals surface area contributed by atoms with E-state index >= 15 is 0 Å². The van der Waals surface area contributed by atoms with Gasteiger partial charge in [0.25, 0.3) is 11.0 Å². The van der Waals surface area contributed by atoms with Crippen molar-refractivity contribution in [2.75, 3.05) is 39.3 Å².